The third kappa shape index (κ3) is 5.36. The van der Waals surface area contributed by atoms with Crippen LogP contribution in [0, 0.1) is 11.6 Å². The monoisotopic (exact) mass is 642 g/mol. The number of rotatable bonds is 8. The maximum atomic E-state index is 15.0. The summed E-state index contributed by atoms with van der Waals surface area (Å²) in [4.78, 5) is 18.3. The summed E-state index contributed by atoms with van der Waals surface area (Å²) in [6, 6.07) is 24.8. The fourth-order valence-electron chi connectivity index (χ4n) is 6.80. The first-order chi connectivity index (χ1) is 23.5. The van der Waals surface area contributed by atoms with Gasteiger partial charge in [0, 0.05) is 48.4 Å². The van der Waals surface area contributed by atoms with E-state index in [-0.39, 0.29) is 23.6 Å². The van der Waals surface area contributed by atoms with Crippen LogP contribution < -0.4 is 16.2 Å². The Morgan fingerprint density at radius 2 is 1.69 bits per heavy atom. The number of para-hydroxylation sites is 1. The molecule has 2 aromatic heterocycles. The van der Waals surface area contributed by atoms with Crippen LogP contribution >= 0.6 is 0 Å². The highest BCUT2D eigenvalue weighted by Crippen LogP contribution is 2.39. The summed E-state index contributed by atoms with van der Waals surface area (Å²) in [5, 5.41) is 16.7. The lowest BCUT2D eigenvalue weighted by Crippen LogP contribution is -2.35. The van der Waals surface area contributed by atoms with Crippen molar-refractivity contribution < 1.29 is 8.78 Å². The van der Waals surface area contributed by atoms with E-state index in [9.17, 15) is 13.6 Å². The SMILES string of the molecule is O=c1c2cn([C@@H]3CCCC[C@H]3Nc3ncccc3F)c3cccc(NCc4ccc(-n5cccn5)cc4)c3c-2nn1-c1ccccc1F. The molecule has 240 valence electrons. The van der Waals surface area contributed by atoms with Crippen molar-refractivity contribution >= 4 is 22.4 Å². The van der Waals surface area contributed by atoms with Crippen molar-refractivity contribution in [1.29, 1.82) is 0 Å². The van der Waals surface area contributed by atoms with Gasteiger partial charge in [0.2, 0.25) is 0 Å². The minimum Gasteiger partial charge on any atom is -0.380 e. The molecule has 2 aliphatic heterocycles. The number of benzene rings is 3. The summed E-state index contributed by atoms with van der Waals surface area (Å²) in [6.07, 6.45) is 10.6. The van der Waals surface area contributed by atoms with Gasteiger partial charge >= 0.3 is 0 Å². The molecule has 3 aliphatic rings. The van der Waals surface area contributed by atoms with Crippen molar-refractivity contribution in [3.05, 3.63) is 137 Å². The fourth-order valence-corrected chi connectivity index (χ4v) is 6.80. The van der Waals surface area contributed by atoms with Gasteiger partial charge in [-0.05, 0) is 73.0 Å². The molecule has 1 fully saturated rings. The first-order valence-electron chi connectivity index (χ1n) is 16.1. The number of hydrogen-bond acceptors (Lipinski definition) is 6. The third-order valence-corrected chi connectivity index (χ3v) is 9.14. The van der Waals surface area contributed by atoms with Crippen molar-refractivity contribution in [1.82, 2.24) is 29.1 Å². The second-order valence-corrected chi connectivity index (χ2v) is 12.1. The molecule has 5 aromatic rings. The second-order valence-electron chi connectivity index (χ2n) is 12.1. The molecule has 4 heterocycles. The summed E-state index contributed by atoms with van der Waals surface area (Å²) in [5.41, 5.74) is 4.18. The lowest BCUT2D eigenvalue weighted by Gasteiger charge is -2.35. The molecule has 0 bridgehead atoms. The summed E-state index contributed by atoms with van der Waals surface area (Å²) in [6.45, 7) is 0.514. The normalized spacial score (nSPS) is 16.4. The molecule has 1 saturated carbocycles. The van der Waals surface area contributed by atoms with E-state index in [2.05, 4.69) is 25.3 Å². The summed E-state index contributed by atoms with van der Waals surface area (Å²) in [7, 11) is 0. The van der Waals surface area contributed by atoms with E-state index >= 15 is 0 Å². The maximum Gasteiger partial charge on any atom is 0.282 e. The van der Waals surface area contributed by atoms with Gasteiger partial charge in [-0.3, -0.25) is 4.79 Å². The van der Waals surface area contributed by atoms with E-state index in [1.54, 1.807) is 41.3 Å². The second kappa shape index (κ2) is 12.4. The van der Waals surface area contributed by atoms with Crippen LogP contribution in [0.1, 0.15) is 37.3 Å². The van der Waals surface area contributed by atoms with E-state index in [0.717, 1.165) is 58.2 Å². The molecule has 3 aromatic carbocycles. The van der Waals surface area contributed by atoms with E-state index < -0.39 is 17.2 Å². The highest BCUT2D eigenvalue weighted by atomic mass is 19.1. The standard InChI is InChI=1S/C37H32F2N8O/c38-27-8-1-3-12-31(27)47-37(48)26-23-45(32-13-4-2-10-29(32)43-36-28(39)9-6-19-40-36)33-14-5-11-30(34(33)35(26)44-47)41-22-24-15-17-25(18-16-24)46-21-7-20-42-46/h1,3,5-9,11-12,14-21,23,29,32,41H,2,4,10,13,22H2,(H,40,43)/t29-,32-/m1/s1. The number of nitrogens with zero attached hydrogens (tertiary/aromatic N) is 6. The Bertz CT molecular complexity index is 2240. The Labute approximate surface area is 274 Å². The van der Waals surface area contributed by atoms with Gasteiger partial charge in [0.1, 0.15) is 17.2 Å². The Hall–Kier alpha value is -5.84. The van der Waals surface area contributed by atoms with Gasteiger partial charge in [-0.1, -0.05) is 43.2 Å². The summed E-state index contributed by atoms with van der Waals surface area (Å²) < 4.78 is 34.8. The Morgan fingerprint density at radius 3 is 2.50 bits per heavy atom. The van der Waals surface area contributed by atoms with Crippen LogP contribution in [-0.4, -0.2) is 35.2 Å². The van der Waals surface area contributed by atoms with Gasteiger partial charge < -0.3 is 15.2 Å². The molecule has 0 spiro atoms. The van der Waals surface area contributed by atoms with Gasteiger partial charge in [0.25, 0.3) is 5.56 Å². The van der Waals surface area contributed by atoms with Crippen LogP contribution in [0.2, 0.25) is 0 Å². The van der Waals surface area contributed by atoms with E-state index in [1.165, 1.54) is 12.1 Å². The van der Waals surface area contributed by atoms with Crippen molar-refractivity contribution in [2.45, 2.75) is 44.3 Å². The predicted octanol–water partition coefficient (Wildman–Crippen LogP) is 7.36. The summed E-state index contributed by atoms with van der Waals surface area (Å²) >= 11 is 0. The molecule has 9 nitrogen and oxygen atoms in total. The van der Waals surface area contributed by atoms with Crippen LogP contribution in [0.25, 0.3) is 33.5 Å². The average molecular weight is 643 g/mol. The zero-order chi connectivity index (χ0) is 32.6. The van der Waals surface area contributed by atoms with Crippen molar-refractivity contribution in [3.8, 4) is 22.6 Å². The molecule has 48 heavy (non-hydrogen) atoms. The van der Waals surface area contributed by atoms with Gasteiger partial charge in [0.15, 0.2) is 11.6 Å². The number of pyridine rings is 2. The number of nitrogens with one attached hydrogen (secondary N) is 2. The first kappa shape index (κ1) is 29.6. The van der Waals surface area contributed by atoms with Crippen molar-refractivity contribution in [3.63, 3.8) is 0 Å². The molecule has 0 amide bonds. The van der Waals surface area contributed by atoms with Gasteiger partial charge in [0.05, 0.1) is 22.8 Å². The molecule has 0 unspecified atom stereocenters. The molecular weight excluding hydrogens is 610 g/mol. The summed E-state index contributed by atoms with van der Waals surface area (Å²) in [5.74, 6) is -0.743. The van der Waals surface area contributed by atoms with Crippen LogP contribution in [0.5, 0.6) is 0 Å². The lowest BCUT2D eigenvalue weighted by molar-refractivity contribution is 0.327. The Balaban J connectivity index is 1.25. The molecule has 8 rings (SSSR count). The molecule has 2 atom stereocenters. The molecule has 1 aliphatic carbocycles. The quantitative estimate of drug-likeness (QED) is 0.180. The van der Waals surface area contributed by atoms with Crippen LogP contribution in [0.4, 0.5) is 20.3 Å². The fraction of sp³-hybridized carbons (Fsp3) is 0.189. The van der Waals surface area contributed by atoms with Gasteiger partial charge in [-0.2, -0.15) is 14.9 Å². The number of halogens is 2. The van der Waals surface area contributed by atoms with Crippen LogP contribution in [0.3, 0.4) is 0 Å². The highest BCUT2D eigenvalue weighted by molar-refractivity contribution is 6.02. The number of aromatic nitrogens is 6. The molecule has 11 heteroatoms. The molecule has 2 N–H and O–H groups in total. The average Bonchev–Trinajstić information content (AvgIpc) is 3.77. The topological polar surface area (TPSA) is 94.6 Å². The first-order valence-corrected chi connectivity index (χ1v) is 16.1. The van der Waals surface area contributed by atoms with Crippen LogP contribution in [-0.2, 0) is 6.54 Å². The van der Waals surface area contributed by atoms with E-state index in [1.807, 2.05) is 60.9 Å². The minimum absolute atomic E-state index is 0.0870. The number of hydrogen-bond donors (Lipinski definition) is 2. The van der Waals surface area contributed by atoms with E-state index in [0.29, 0.717) is 17.8 Å². The third-order valence-electron chi connectivity index (χ3n) is 9.14. The zero-order valence-electron chi connectivity index (χ0n) is 25.9. The molecule has 0 saturated heterocycles. The zero-order valence-corrected chi connectivity index (χ0v) is 25.9. The van der Waals surface area contributed by atoms with E-state index in [4.69, 9.17) is 5.10 Å². The largest absolute Gasteiger partial charge is 0.380 e. The minimum atomic E-state index is -0.537. The predicted molar refractivity (Wildman–Crippen MR) is 182 cm³/mol. The molecular formula is C37H32F2N8O. The lowest BCUT2D eigenvalue weighted by atomic mass is 9.89. The number of anilines is 2. The van der Waals surface area contributed by atoms with Crippen molar-refractivity contribution in [2.75, 3.05) is 10.6 Å². The molecule has 0 radical (unpaired) electrons. The van der Waals surface area contributed by atoms with Crippen molar-refractivity contribution in [2.24, 2.45) is 0 Å². The Kier molecular flexibility index (Phi) is 7.64. The smallest absolute Gasteiger partial charge is 0.282 e. The highest BCUT2D eigenvalue weighted by Gasteiger charge is 2.31. The van der Waals surface area contributed by atoms with Gasteiger partial charge in [-0.25, -0.2) is 18.4 Å². The maximum absolute atomic E-state index is 15.0. The number of fused-ring (bicyclic) bond motifs is 3. The van der Waals surface area contributed by atoms with Gasteiger partial charge in [-0.15, -0.1) is 0 Å². The van der Waals surface area contributed by atoms with Crippen LogP contribution in [0.15, 0.2) is 115 Å². The Morgan fingerprint density at radius 1 is 0.854 bits per heavy atom.